The first-order valence-corrected chi connectivity index (χ1v) is 7.96. The molecule has 25 heavy (non-hydrogen) atoms. The van der Waals surface area contributed by atoms with Crippen LogP contribution in [0, 0.1) is 12.8 Å². The molecule has 1 fully saturated rings. The van der Waals surface area contributed by atoms with Gasteiger partial charge in [-0.15, -0.1) is 13.2 Å². The number of aryl methyl sites for hydroxylation is 1. The molecule has 2 heterocycles. The fourth-order valence-corrected chi connectivity index (χ4v) is 3.10. The maximum Gasteiger partial charge on any atom is 0.573 e. The third kappa shape index (κ3) is 4.96. The van der Waals surface area contributed by atoms with E-state index in [-0.39, 0.29) is 11.7 Å². The zero-order valence-electron chi connectivity index (χ0n) is 13.7. The van der Waals surface area contributed by atoms with Gasteiger partial charge in [-0.25, -0.2) is 0 Å². The van der Waals surface area contributed by atoms with Crippen LogP contribution in [0.15, 0.2) is 34.9 Å². The van der Waals surface area contributed by atoms with E-state index in [0.29, 0.717) is 26.1 Å². The van der Waals surface area contributed by atoms with Gasteiger partial charge in [-0.1, -0.05) is 17.3 Å². The van der Waals surface area contributed by atoms with Crippen LogP contribution in [0.3, 0.4) is 0 Å². The van der Waals surface area contributed by atoms with Crippen LogP contribution in [0.5, 0.6) is 5.75 Å². The average Bonchev–Trinajstić information content (AvgIpc) is 3.06. The van der Waals surface area contributed by atoms with E-state index in [0.717, 1.165) is 17.0 Å². The van der Waals surface area contributed by atoms with Gasteiger partial charge < -0.3 is 14.4 Å². The van der Waals surface area contributed by atoms with Gasteiger partial charge in [0.05, 0.1) is 11.8 Å². The Labute approximate surface area is 143 Å². The monoisotopic (exact) mass is 356 g/mol. The maximum absolute atomic E-state index is 12.2. The van der Waals surface area contributed by atoms with Gasteiger partial charge in [-0.2, -0.15) is 0 Å². The Bertz CT molecular complexity index is 700. The summed E-state index contributed by atoms with van der Waals surface area (Å²) in [6.07, 6.45) is -4.55. The fraction of sp³-hybridized carbons (Fsp3) is 0.471. The van der Waals surface area contributed by atoms with Crippen molar-refractivity contribution in [3.8, 4) is 5.75 Å². The highest BCUT2D eigenvalue weighted by Crippen LogP contribution is 2.26. The number of β-amino-alcohol motifs (C(OH)–C–C–N with tert-alkyl or cyclic N) is 1. The molecule has 0 bridgehead atoms. The van der Waals surface area contributed by atoms with Crippen LogP contribution in [-0.4, -0.2) is 40.7 Å². The molecule has 8 heteroatoms. The summed E-state index contributed by atoms with van der Waals surface area (Å²) in [5.74, 6) is 0.550. The van der Waals surface area contributed by atoms with Gasteiger partial charge in [0.25, 0.3) is 0 Å². The predicted octanol–water partition coefficient (Wildman–Crippen LogP) is 2.92. The van der Waals surface area contributed by atoms with Gasteiger partial charge in [-0.05, 0) is 24.6 Å². The molecule has 1 N–H and O–H groups in total. The highest BCUT2D eigenvalue weighted by Gasteiger charge is 2.33. The van der Waals surface area contributed by atoms with E-state index in [9.17, 15) is 18.3 Å². The Morgan fingerprint density at radius 1 is 1.28 bits per heavy atom. The van der Waals surface area contributed by atoms with Crippen LogP contribution in [0.2, 0.25) is 0 Å². The lowest BCUT2D eigenvalue weighted by Gasteiger charge is -2.16. The molecule has 3 rings (SSSR count). The molecule has 0 radical (unpaired) electrons. The van der Waals surface area contributed by atoms with E-state index in [1.807, 2.05) is 13.0 Å². The molecule has 2 atom stereocenters. The third-order valence-corrected chi connectivity index (χ3v) is 4.19. The third-order valence-electron chi connectivity index (χ3n) is 4.19. The number of aliphatic hydroxyl groups is 1. The van der Waals surface area contributed by atoms with Gasteiger partial charge in [0.2, 0.25) is 0 Å². The van der Waals surface area contributed by atoms with Crippen molar-refractivity contribution in [3.63, 3.8) is 0 Å². The first kappa shape index (κ1) is 17.8. The van der Waals surface area contributed by atoms with Crippen LogP contribution in [0.1, 0.15) is 17.0 Å². The second kappa shape index (κ2) is 7.05. The molecule has 2 aromatic rings. The Hall–Kier alpha value is -2.06. The fourth-order valence-electron chi connectivity index (χ4n) is 3.10. The normalized spacial score (nSPS) is 21.6. The number of nitrogens with zero attached hydrogens (tertiary/aromatic N) is 2. The molecular formula is C17H19F3N2O3. The zero-order chi connectivity index (χ0) is 18.0. The number of likely N-dealkylation sites (tertiary alicyclic amines) is 1. The van der Waals surface area contributed by atoms with Gasteiger partial charge in [0.1, 0.15) is 11.5 Å². The summed E-state index contributed by atoms with van der Waals surface area (Å²) in [4.78, 5) is 2.07. The molecule has 0 aliphatic carbocycles. The summed E-state index contributed by atoms with van der Waals surface area (Å²) >= 11 is 0. The molecule has 0 saturated carbocycles. The van der Waals surface area contributed by atoms with Crippen molar-refractivity contribution in [1.29, 1.82) is 0 Å². The van der Waals surface area contributed by atoms with Crippen molar-refractivity contribution in [3.05, 3.63) is 47.3 Å². The lowest BCUT2D eigenvalue weighted by molar-refractivity contribution is -0.274. The predicted molar refractivity (Wildman–Crippen MR) is 82.8 cm³/mol. The molecule has 1 saturated heterocycles. The molecule has 0 amide bonds. The minimum atomic E-state index is -4.69. The minimum Gasteiger partial charge on any atom is -0.406 e. The molecular weight excluding hydrogens is 337 g/mol. The maximum atomic E-state index is 12.2. The number of hydrogen-bond donors (Lipinski definition) is 1. The average molecular weight is 356 g/mol. The highest BCUT2D eigenvalue weighted by atomic mass is 19.4. The van der Waals surface area contributed by atoms with E-state index in [2.05, 4.69) is 14.8 Å². The molecule has 136 valence electrons. The first-order chi connectivity index (χ1) is 11.8. The van der Waals surface area contributed by atoms with Gasteiger partial charge >= 0.3 is 6.36 Å². The van der Waals surface area contributed by atoms with E-state index >= 15 is 0 Å². The van der Waals surface area contributed by atoms with Gasteiger partial charge in [0.15, 0.2) is 0 Å². The molecule has 5 nitrogen and oxygen atoms in total. The number of hydrogen-bond acceptors (Lipinski definition) is 5. The summed E-state index contributed by atoms with van der Waals surface area (Å²) in [5.41, 5.74) is 1.67. The largest absolute Gasteiger partial charge is 0.573 e. The smallest absolute Gasteiger partial charge is 0.406 e. The van der Waals surface area contributed by atoms with E-state index in [1.165, 1.54) is 12.1 Å². The van der Waals surface area contributed by atoms with Crippen LogP contribution in [0.25, 0.3) is 0 Å². The summed E-state index contributed by atoms with van der Waals surface area (Å²) in [6, 6.07) is 7.64. The quantitative estimate of drug-likeness (QED) is 0.893. The van der Waals surface area contributed by atoms with Crippen molar-refractivity contribution >= 4 is 0 Å². The summed E-state index contributed by atoms with van der Waals surface area (Å²) in [6.45, 7) is 3.59. The molecule has 1 aromatic carbocycles. The summed E-state index contributed by atoms with van der Waals surface area (Å²) in [7, 11) is 0. The van der Waals surface area contributed by atoms with Crippen molar-refractivity contribution < 1.29 is 27.5 Å². The zero-order valence-corrected chi connectivity index (χ0v) is 13.7. The number of rotatable bonds is 5. The second-order valence-corrected chi connectivity index (χ2v) is 6.35. The van der Waals surface area contributed by atoms with Crippen molar-refractivity contribution in [2.75, 3.05) is 13.1 Å². The lowest BCUT2D eigenvalue weighted by atomic mass is 10.0. The summed E-state index contributed by atoms with van der Waals surface area (Å²) < 4.78 is 45.6. The standard InChI is InChI=1S/C17H19F3N2O3/c1-11-6-15(25-21-11)7-13-9-22(10-16(13)23)8-12-2-4-14(5-3-12)24-17(18,19)20/h2-6,13,16,23H,7-10H2,1H3/t13-,16+/m1/s1. The number of aliphatic hydroxyl groups excluding tert-OH is 1. The minimum absolute atomic E-state index is 0.0418. The highest BCUT2D eigenvalue weighted by molar-refractivity contribution is 5.27. The number of halogens is 3. The Morgan fingerprint density at radius 3 is 2.60 bits per heavy atom. The van der Waals surface area contributed by atoms with Crippen molar-refractivity contribution in [2.45, 2.75) is 32.4 Å². The van der Waals surface area contributed by atoms with Crippen molar-refractivity contribution in [1.82, 2.24) is 10.1 Å². The second-order valence-electron chi connectivity index (χ2n) is 6.35. The molecule has 1 aliphatic rings. The summed E-state index contributed by atoms with van der Waals surface area (Å²) in [5, 5.41) is 14.1. The first-order valence-electron chi connectivity index (χ1n) is 7.96. The van der Waals surface area contributed by atoms with Gasteiger partial charge in [-0.3, -0.25) is 4.90 Å². The molecule has 0 unspecified atom stereocenters. The SMILES string of the molecule is Cc1cc(C[C@@H]2CN(Cc3ccc(OC(F)(F)F)cc3)C[C@@H]2O)on1. The Morgan fingerprint density at radius 2 is 2.00 bits per heavy atom. The number of aromatic nitrogens is 1. The van der Waals surface area contributed by atoms with E-state index in [1.54, 1.807) is 12.1 Å². The van der Waals surface area contributed by atoms with E-state index in [4.69, 9.17) is 4.52 Å². The molecule has 0 spiro atoms. The Balaban J connectivity index is 1.55. The Kier molecular flexibility index (Phi) is 5.01. The topological polar surface area (TPSA) is 58.7 Å². The number of ether oxygens (including phenoxy) is 1. The van der Waals surface area contributed by atoms with Crippen LogP contribution < -0.4 is 4.74 Å². The van der Waals surface area contributed by atoms with E-state index < -0.39 is 12.5 Å². The molecule has 1 aliphatic heterocycles. The van der Waals surface area contributed by atoms with Crippen molar-refractivity contribution in [2.24, 2.45) is 5.92 Å². The van der Waals surface area contributed by atoms with Gasteiger partial charge in [0, 0.05) is 38.0 Å². The van der Waals surface area contributed by atoms with Crippen LogP contribution in [-0.2, 0) is 13.0 Å². The van der Waals surface area contributed by atoms with Crippen LogP contribution in [0.4, 0.5) is 13.2 Å². The molecule has 1 aromatic heterocycles. The number of benzene rings is 1. The number of alkyl halides is 3. The lowest BCUT2D eigenvalue weighted by Crippen LogP contribution is -2.21. The van der Waals surface area contributed by atoms with Crippen LogP contribution >= 0.6 is 0 Å².